The van der Waals surface area contributed by atoms with Crippen molar-refractivity contribution in [3.8, 4) is 0 Å². The first kappa shape index (κ1) is 26.7. The molecule has 0 bridgehead atoms. The summed E-state index contributed by atoms with van der Waals surface area (Å²) in [4.78, 5) is 24.5. The van der Waals surface area contributed by atoms with Crippen LogP contribution in [0.5, 0.6) is 0 Å². The van der Waals surface area contributed by atoms with Crippen LogP contribution >= 0.6 is 0 Å². The van der Waals surface area contributed by atoms with E-state index in [2.05, 4.69) is 0 Å². The molecule has 0 amide bonds. The lowest BCUT2D eigenvalue weighted by Gasteiger charge is -2.30. The summed E-state index contributed by atoms with van der Waals surface area (Å²) < 4.78 is 11.7. The third-order valence-corrected chi connectivity index (χ3v) is 4.79. The van der Waals surface area contributed by atoms with Crippen LogP contribution in [0, 0.1) is 5.21 Å². The fraction of sp³-hybridized carbons (Fsp3) is 0.640. The van der Waals surface area contributed by atoms with E-state index >= 15 is 0 Å². The van der Waals surface area contributed by atoms with Crippen molar-refractivity contribution in [3.63, 3.8) is 0 Å². The van der Waals surface area contributed by atoms with Gasteiger partial charge >= 0.3 is 11.9 Å². The highest BCUT2D eigenvalue weighted by atomic mass is 16.6. The van der Waals surface area contributed by atoms with Crippen molar-refractivity contribution < 1.29 is 23.8 Å². The molecule has 0 aliphatic carbocycles. The number of esters is 2. The minimum absolute atomic E-state index is 0.0917. The number of hydroxylamine groups is 1. The number of benzene rings is 1. The summed E-state index contributed by atoms with van der Waals surface area (Å²) in [5.41, 5.74) is -1.11. The minimum Gasteiger partial charge on any atom is -0.624 e. The fourth-order valence-electron chi connectivity index (χ4n) is 3.10. The quantitative estimate of drug-likeness (QED) is 0.172. The van der Waals surface area contributed by atoms with Crippen LogP contribution in [0.4, 0.5) is 0 Å². The molecule has 0 N–H and O–H groups in total. The van der Waals surface area contributed by atoms with Gasteiger partial charge in [-0.2, -0.15) is 0 Å². The fourth-order valence-corrected chi connectivity index (χ4v) is 3.10. The predicted octanol–water partition coefficient (Wildman–Crippen LogP) is 5.37. The van der Waals surface area contributed by atoms with Gasteiger partial charge in [-0.15, -0.1) is 0 Å². The van der Waals surface area contributed by atoms with E-state index in [4.69, 9.17) is 9.47 Å². The van der Waals surface area contributed by atoms with Crippen LogP contribution < -0.4 is 0 Å². The third kappa shape index (κ3) is 10.5. The first-order valence-electron chi connectivity index (χ1n) is 10.9. The number of hydrogen-bond acceptors (Lipinski definition) is 5. The largest absolute Gasteiger partial charge is 0.624 e. The second-order valence-corrected chi connectivity index (χ2v) is 10.3. The number of hydrogen-bond donors (Lipinski definition) is 0. The van der Waals surface area contributed by atoms with Crippen molar-refractivity contribution in [3.05, 3.63) is 41.1 Å². The van der Waals surface area contributed by atoms with E-state index in [0.717, 1.165) is 10.3 Å². The number of nitrogens with zero attached hydrogens (tertiary/aromatic N) is 1. The molecule has 0 aliphatic rings. The van der Waals surface area contributed by atoms with E-state index in [0.29, 0.717) is 0 Å². The lowest BCUT2D eigenvalue weighted by atomic mass is 9.90. The smallest absolute Gasteiger partial charge is 0.306 e. The number of carbonyl (C=O) groups is 2. The zero-order valence-corrected chi connectivity index (χ0v) is 20.4. The Morgan fingerprint density at radius 1 is 0.903 bits per heavy atom. The molecule has 0 radical (unpaired) electrons. The lowest BCUT2D eigenvalue weighted by molar-refractivity contribution is -0.545. The van der Waals surface area contributed by atoms with Crippen molar-refractivity contribution in [1.29, 1.82) is 0 Å². The molecule has 1 atom stereocenters. The highest BCUT2D eigenvalue weighted by Gasteiger charge is 2.36. The zero-order valence-electron chi connectivity index (χ0n) is 20.4. The number of ether oxygens (including phenoxy) is 2. The van der Waals surface area contributed by atoms with E-state index in [1.165, 1.54) is 0 Å². The van der Waals surface area contributed by atoms with Gasteiger partial charge in [-0.25, -0.2) is 4.74 Å². The average Bonchev–Trinajstić information content (AvgIpc) is 2.62. The summed E-state index contributed by atoms with van der Waals surface area (Å²) in [6.45, 7) is 14.6. The Morgan fingerprint density at radius 3 is 1.71 bits per heavy atom. The van der Waals surface area contributed by atoms with Crippen molar-refractivity contribution in [1.82, 2.24) is 0 Å². The summed E-state index contributed by atoms with van der Waals surface area (Å²) in [5, 5.41) is 13.2. The minimum atomic E-state index is -0.948. The van der Waals surface area contributed by atoms with Gasteiger partial charge < -0.3 is 14.7 Å². The molecule has 0 fully saturated rings. The standard InChI is InChI=1S/C25H39NO5/c1-19(20-12-10-9-11-13-20)18-26(29)25(8,16-14-21(27)30-23(2,3)4)17-15-22(28)31-24(5,6)7/h9-13,18-19H,14-17H2,1-8H3/b26-18-. The van der Waals surface area contributed by atoms with Gasteiger partial charge in [0.1, 0.15) is 11.2 Å². The summed E-state index contributed by atoms with van der Waals surface area (Å²) in [5.74, 6) is -0.831. The van der Waals surface area contributed by atoms with Crippen LogP contribution in [0.1, 0.15) is 92.6 Å². The van der Waals surface area contributed by atoms with Crippen molar-refractivity contribution in [2.45, 2.75) is 104 Å². The highest BCUT2D eigenvalue weighted by molar-refractivity contribution is 5.71. The van der Waals surface area contributed by atoms with Gasteiger partial charge in [-0.05, 0) is 54.0 Å². The van der Waals surface area contributed by atoms with E-state index in [9.17, 15) is 14.8 Å². The Hall–Kier alpha value is -2.37. The zero-order chi connectivity index (χ0) is 23.9. The van der Waals surface area contributed by atoms with Crippen LogP contribution in [0.2, 0.25) is 0 Å². The molecular formula is C25H39NO5. The van der Waals surface area contributed by atoms with Gasteiger partial charge in [0, 0.05) is 19.8 Å². The Labute approximate surface area is 187 Å². The molecule has 6 heteroatoms. The number of rotatable bonds is 9. The Bertz CT molecular complexity index is 724. The van der Waals surface area contributed by atoms with Gasteiger partial charge in [-0.1, -0.05) is 30.3 Å². The summed E-state index contributed by atoms with van der Waals surface area (Å²) in [7, 11) is 0. The van der Waals surface area contributed by atoms with Gasteiger partial charge in [0.05, 0.1) is 18.8 Å². The first-order chi connectivity index (χ1) is 14.1. The summed E-state index contributed by atoms with van der Waals surface area (Å²) in [6, 6.07) is 9.72. The van der Waals surface area contributed by atoms with Crippen molar-refractivity contribution >= 4 is 18.2 Å². The molecule has 0 saturated carbocycles. The van der Waals surface area contributed by atoms with Crippen LogP contribution in [0.15, 0.2) is 30.3 Å². The lowest BCUT2D eigenvalue weighted by Crippen LogP contribution is -2.39. The molecule has 1 aromatic carbocycles. The molecule has 0 spiro atoms. The Morgan fingerprint density at radius 2 is 1.32 bits per heavy atom. The van der Waals surface area contributed by atoms with Gasteiger partial charge in [0.15, 0.2) is 11.8 Å². The van der Waals surface area contributed by atoms with Crippen LogP contribution in [0.3, 0.4) is 0 Å². The molecule has 1 rings (SSSR count). The summed E-state index contributed by atoms with van der Waals surface area (Å²) in [6.07, 6.45) is 2.33. The predicted molar refractivity (Wildman–Crippen MR) is 123 cm³/mol. The monoisotopic (exact) mass is 433 g/mol. The topological polar surface area (TPSA) is 78.7 Å². The number of carbonyl (C=O) groups excluding carboxylic acids is 2. The Kier molecular flexibility index (Phi) is 9.27. The maximum atomic E-state index is 13.2. The van der Waals surface area contributed by atoms with Crippen LogP contribution in [0.25, 0.3) is 0 Å². The molecule has 1 aromatic rings. The Balaban J connectivity index is 3.00. The van der Waals surface area contributed by atoms with Crippen LogP contribution in [-0.4, -0.2) is 39.6 Å². The molecule has 0 heterocycles. The molecule has 1 unspecified atom stereocenters. The second kappa shape index (κ2) is 10.8. The van der Waals surface area contributed by atoms with Gasteiger partial charge in [0.2, 0.25) is 0 Å². The van der Waals surface area contributed by atoms with Gasteiger partial charge in [-0.3, -0.25) is 9.59 Å². The molecule has 0 aliphatic heterocycles. The van der Waals surface area contributed by atoms with Gasteiger partial charge in [0.25, 0.3) is 0 Å². The third-order valence-electron chi connectivity index (χ3n) is 4.79. The maximum absolute atomic E-state index is 13.2. The normalized spacial score (nSPS) is 14.1. The van der Waals surface area contributed by atoms with Crippen molar-refractivity contribution in [2.24, 2.45) is 0 Å². The molecule has 0 aromatic heterocycles. The van der Waals surface area contributed by atoms with E-state index < -0.39 is 16.7 Å². The molecule has 6 nitrogen and oxygen atoms in total. The molecule has 0 saturated heterocycles. The second-order valence-electron chi connectivity index (χ2n) is 10.3. The molecule has 31 heavy (non-hydrogen) atoms. The average molecular weight is 434 g/mol. The highest BCUT2D eigenvalue weighted by Crippen LogP contribution is 2.26. The SMILES string of the molecule is CC(/C=[N+](\[O-])C(C)(CCC(=O)OC(C)(C)C)CCC(=O)OC(C)(C)C)c1ccccc1. The van der Waals surface area contributed by atoms with Crippen molar-refractivity contribution in [2.75, 3.05) is 0 Å². The van der Waals surface area contributed by atoms with Crippen LogP contribution in [-0.2, 0) is 19.1 Å². The molecular weight excluding hydrogens is 394 g/mol. The maximum Gasteiger partial charge on any atom is 0.306 e. The molecule has 174 valence electrons. The first-order valence-corrected chi connectivity index (χ1v) is 10.9. The van der Waals surface area contributed by atoms with E-state index in [1.807, 2.05) is 78.8 Å². The summed E-state index contributed by atoms with van der Waals surface area (Å²) >= 11 is 0. The van der Waals surface area contributed by atoms with E-state index in [-0.39, 0.29) is 43.5 Å². The van der Waals surface area contributed by atoms with E-state index in [1.54, 1.807) is 13.1 Å².